The van der Waals surface area contributed by atoms with Crippen molar-refractivity contribution in [3.63, 3.8) is 0 Å². The summed E-state index contributed by atoms with van der Waals surface area (Å²) < 4.78 is 11.6. The first kappa shape index (κ1) is 21.4. The molecule has 1 heterocycles. The number of carbonyl (C=O) groups excluding carboxylic acids is 1. The standard InChI is InChI=1S/C27H26N2O3/c1-4-17-31-22-15-11-20(12-16-22)26(30)23(18-19-9-13-21(14-10-19)29(2)3)27-28-24-7-5-6-8-25(24)32-27/h5-16,18H,4,17H2,1-3H3. The molecule has 0 spiro atoms. The second-order valence-electron chi connectivity index (χ2n) is 7.73. The van der Waals surface area contributed by atoms with Gasteiger partial charge in [0.25, 0.3) is 0 Å². The Hall–Kier alpha value is -3.86. The minimum absolute atomic E-state index is 0.157. The van der Waals surface area contributed by atoms with E-state index in [9.17, 15) is 4.79 Å². The molecule has 5 heteroatoms. The normalized spacial score (nSPS) is 11.5. The average Bonchev–Trinajstić information content (AvgIpc) is 3.25. The molecule has 0 fully saturated rings. The lowest BCUT2D eigenvalue weighted by Gasteiger charge is -2.12. The van der Waals surface area contributed by atoms with Gasteiger partial charge in [0.2, 0.25) is 5.89 Å². The number of rotatable bonds is 8. The molecule has 0 bridgehead atoms. The molecular formula is C27H26N2O3. The number of nitrogens with zero attached hydrogens (tertiary/aromatic N) is 2. The number of carbonyl (C=O) groups is 1. The topological polar surface area (TPSA) is 55.6 Å². The molecule has 0 atom stereocenters. The number of ketones is 1. The molecule has 162 valence electrons. The quantitative estimate of drug-likeness (QED) is 0.251. The number of para-hydroxylation sites is 2. The van der Waals surface area contributed by atoms with Crippen molar-refractivity contribution in [1.82, 2.24) is 4.98 Å². The Bertz CT molecular complexity index is 1200. The van der Waals surface area contributed by atoms with Crippen molar-refractivity contribution in [3.05, 3.63) is 89.8 Å². The summed E-state index contributed by atoms with van der Waals surface area (Å²) in [6, 6.07) is 22.7. The summed E-state index contributed by atoms with van der Waals surface area (Å²) in [5, 5.41) is 0. The fraction of sp³-hybridized carbons (Fsp3) is 0.185. The largest absolute Gasteiger partial charge is 0.494 e. The Morgan fingerprint density at radius 1 is 1.00 bits per heavy atom. The van der Waals surface area contributed by atoms with Gasteiger partial charge in [0, 0.05) is 25.3 Å². The van der Waals surface area contributed by atoms with E-state index in [0.29, 0.717) is 34.7 Å². The number of anilines is 1. The molecule has 0 amide bonds. The smallest absolute Gasteiger partial charge is 0.231 e. The van der Waals surface area contributed by atoms with Crippen LogP contribution in [0.3, 0.4) is 0 Å². The van der Waals surface area contributed by atoms with E-state index in [0.717, 1.165) is 23.4 Å². The third-order valence-electron chi connectivity index (χ3n) is 5.08. The number of hydrogen-bond acceptors (Lipinski definition) is 5. The molecule has 0 aliphatic heterocycles. The Morgan fingerprint density at radius 3 is 2.38 bits per heavy atom. The SMILES string of the molecule is CCCOc1ccc(C(=O)C(=Cc2ccc(N(C)C)cc2)c2nc3ccccc3o2)cc1. The van der Waals surface area contributed by atoms with E-state index in [-0.39, 0.29) is 5.78 Å². The van der Waals surface area contributed by atoms with Gasteiger partial charge in [-0.25, -0.2) is 4.98 Å². The number of ether oxygens (including phenoxy) is 1. The molecule has 4 rings (SSSR count). The lowest BCUT2D eigenvalue weighted by atomic mass is 10.0. The van der Waals surface area contributed by atoms with Crippen molar-refractivity contribution in [2.45, 2.75) is 13.3 Å². The number of Topliss-reactive ketones (excluding diaryl/α,β-unsaturated/α-hetero) is 1. The van der Waals surface area contributed by atoms with Crippen molar-refractivity contribution < 1.29 is 13.9 Å². The van der Waals surface area contributed by atoms with Crippen molar-refractivity contribution >= 4 is 34.2 Å². The van der Waals surface area contributed by atoms with Crippen LogP contribution in [0.1, 0.15) is 35.2 Å². The first-order valence-electron chi connectivity index (χ1n) is 10.7. The maximum atomic E-state index is 13.5. The van der Waals surface area contributed by atoms with Crippen LogP contribution in [-0.2, 0) is 0 Å². The molecule has 0 radical (unpaired) electrons. The third kappa shape index (κ3) is 4.72. The molecule has 1 aromatic heterocycles. The van der Waals surface area contributed by atoms with Crippen LogP contribution in [0.25, 0.3) is 22.7 Å². The van der Waals surface area contributed by atoms with Gasteiger partial charge in [-0.3, -0.25) is 4.79 Å². The highest BCUT2D eigenvalue weighted by Gasteiger charge is 2.20. The zero-order valence-electron chi connectivity index (χ0n) is 18.5. The van der Waals surface area contributed by atoms with E-state index < -0.39 is 0 Å². The van der Waals surface area contributed by atoms with Crippen molar-refractivity contribution in [3.8, 4) is 5.75 Å². The molecule has 0 unspecified atom stereocenters. The summed E-state index contributed by atoms with van der Waals surface area (Å²) in [5.74, 6) is 0.893. The highest BCUT2D eigenvalue weighted by molar-refractivity contribution is 6.31. The van der Waals surface area contributed by atoms with Gasteiger partial charge in [-0.1, -0.05) is 31.2 Å². The van der Waals surface area contributed by atoms with Gasteiger partial charge in [0.05, 0.1) is 12.2 Å². The average molecular weight is 427 g/mol. The number of aromatic nitrogens is 1. The van der Waals surface area contributed by atoms with E-state index in [2.05, 4.69) is 11.9 Å². The minimum atomic E-state index is -0.157. The number of fused-ring (bicyclic) bond motifs is 1. The molecule has 0 saturated carbocycles. The van der Waals surface area contributed by atoms with Crippen LogP contribution < -0.4 is 9.64 Å². The van der Waals surface area contributed by atoms with Gasteiger partial charge in [-0.05, 0) is 66.6 Å². The molecule has 5 nitrogen and oxygen atoms in total. The summed E-state index contributed by atoms with van der Waals surface area (Å²) >= 11 is 0. The summed E-state index contributed by atoms with van der Waals surface area (Å²) in [4.78, 5) is 20.1. The molecule has 0 aliphatic rings. The lowest BCUT2D eigenvalue weighted by Crippen LogP contribution is -2.08. The molecule has 32 heavy (non-hydrogen) atoms. The second kappa shape index (κ2) is 9.52. The molecule has 0 aliphatic carbocycles. The number of allylic oxidation sites excluding steroid dienone is 1. The fourth-order valence-corrected chi connectivity index (χ4v) is 3.33. The van der Waals surface area contributed by atoms with E-state index in [1.54, 1.807) is 12.1 Å². The van der Waals surface area contributed by atoms with E-state index >= 15 is 0 Å². The van der Waals surface area contributed by atoms with Crippen LogP contribution in [0.15, 0.2) is 77.2 Å². The van der Waals surface area contributed by atoms with Gasteiger partial charge in [0.1, 0.15) is 11.3 Å². The first-order valence-corrected chi connectivity index (χ1v) is 10.7. The van der Waals surface area contributed by atoms with Crippen LogP contribution in [-0.4, -0.2) is 31.5 Å². The van der Waals surface area contributed by atoms with Gasteiger partial charge in [0.15, 0.2) is 11.4 Å². The maximum Gasteiger partial charge on any atom is 0.231 e. The van der Waals surface area contributed by atoms with Crippen LogP contribution in [0.2, 0.25) is 0 Å². The van der Waals surface area contributed by atoms with E-state index in [1.165, 1.54) is 0 Å². The Kier molecular flexibility index (Phi) is 6.36. The fourth-order valence-electron chi connectivity index (χ4n) is 3.33. The minimum Gasteiger partial charge on any atom is -0.494 e. The first-order chi connectivity index (χ1) is 15.5. The van der Waals surface area contributed by atoms with E-state index in [4.69, 9.17) is 9.15 Å². The zero-order valence-corrected chi connectivity index (χ0v) is 18.5. The molecule has 4 aromatic rings. The third-order valence-corrected chi connectivity index (χ3v) is 5.08. The van der Waals surface area contributed by atoms with Gasteiger partial charge in [-0.15, -0.1) is 0 Å². The summed E-state index contributed by atoms with van der Waals surface area (Å²) in [5.41, 5.74) is 4.29. The van der Waals surface area contributed by atoms with E-state index in [1.807, 2.05) is 85.7 Å². The summed E-state index contributed by atoms with van der Waals surface area (Å²) in [6.45, 7) is 2.70. The predicted molar refractivity (Wildman–Crippen MR) is 129 cm³/mol. The van der Waals surface area contributed by atoms with Crippen molar-refractivity contribution in [2.24, 2.45) is 0 Å². The summed E-state index contributed by atoms with van der Waals surface area (Å²) in [6.07, 6.45) is 2.76. The lowest BCUT2D eigenvalue weighted by molar-refractivity contribution is 0.105. The van der Waals surface area contributed by atoms with Crippen LogP contribution in [0.4, 0.5) is 5.69 Å². The molecule has 3 aromatic carbocycles. The van der Waals surface area contributed by atoms with Crippen LogP contribution in [0.5, 0.6) is 5.75 Å². The number of hydrogen-bond donors (Lipinski definition) is 0. The van der Waals surface area contributed by atoms with Gasteiger partial charge in [-0.2, -0.15) is 0 Å². The number of oxazole rings is 1. The maximum absolute atomic E-state index is 13.5. The molecule has 0 N–H and O–H groups in total. The molecule has 0 saturated heterocycles. The zero-order chi connectivity index (χ0) is 22.5. The Morgan fingerprint density at radius 2 is 1.72 bits per heavy atom. The van der Waals surface area contributed by atoms with Crippen LogP contribution in [0, 0.1) is 0 Å². The Labute approximate surface area is 188 Å². The molecular weight excluding hydrogens is 400 g/mol. The number of benzene rings is 3. The monoisotopic (exact) mass is 426 g/mol. The Balaban J connectivity index is 1.73. The van der Waals surface area contributed by atoms with Gasteiger partial charge >= 0.3 is 0 Å². The predicted octanol–water partition coefficient (Wildman–Crippen LogP) is 6.11. The highest BCUT2D eigenvalue weighted by Crippen LogP contribution is 2.27. The van der Waals surface area contributed by atoms with Gasteiger partial charge < -0.3 is 14.1 Å². The highest BCUT2D eigenvalue weighted by atomic mass is 16.5. The van der Waals surface area contributed by atoms with Crippen molar-refractivity contribution in [1.29, 1.82) is 0 Å². The summed E-state index contributed by atoms with van der Waals surface area (Å²) in [7, 11) is 3.98. The van der Waals surface area contributed by atoms with Crippen LogP contribution >= 0.6 is 0 Å². The second-order valence-corrected chi connectivity index (χ2v) is 7.73. The van der Waals surface area contributed by atoms with Crippen molar-refractivity contribution in [2.75, 3.05) is 25.6 Å².